The van der Waals surface area contributed by atoms with Crippen LogP contribution in [0.3, 0.4) is 0 Å². The minimum atomic E-state index is -1.79. The van der Waals surface area contributed by atoms with E-state index in [1.807, 2.05) is 0 Å². The molecule has 0 aliphatic carbocycles. The number of halogens is 3. The second kappa shape index (κ2) is 5.23. The smallest absolute Gasteiger partial charge is 0.257 e. The Hall–Kier alpha value is -0.910. The fraction of sp³-hybridized carbons (Fsp3) is 0.455. The van der Waals surface area contributed by atoms with E-state index < -0.39 is 20.7 Å². The van der Waals surface area contributed by atoms with Crippen LogP contribution < -0.4 is 9.47 Å². The second-order valence-electron chi connectivity index (χ2n) is 4.09. The van der Waals surface area contributed by atoms with Crippen LogP contribution in [0.2, 0.25) is 0 Å². The molecule has 0 bridgehead atoms. The largest absolute Gasteiger partial charge is 0.497 e. The lowest BCUT2D eigenvalue weighted by Gasteiger charge is -2.32. The second-order valence-corrected chi connectivity index (χ2v) is 6.46. The summed E-state index contributed by atoms with van der Waals surface area (Å²) in [6.07, 6.45) is 0. The molecule has 5 nitrogen and oxygen atoms in total. The van der Waals surface area contributed by atoms with Crippen molar-refractivity contribution in [2.45, 2.75) is 15.8 Å². The summed E-state index contributed by atoms with van der Waals surface area (Å²) in [4.78, 5) is 10.6. The summed E-state index contributed by atoms with van der Waals surface area (Å²) in [7, 11) is 1.51. The van der Waals surface area contributed by atoms with Crippen LogP contribution in [0.4, 0.5) is 0 Å². The number of fused-ring (bicyclic) bond motifs is 1. The molecule has 8 heteroatoms. The van der Waals surface area contributed by atoms with Gasteiger partial charge in [0.05, 0.1) is 7.11 Å². The maximum atomic E-state index is 11.1. The van der Waals surface area contributed by atoms with Crippen LogP contribution in [0, 0.1) is 10.1 Å². The van der Waals surface area contributed by atoms with Crippen molar-refractivity contribution in [3.05, 3.63) is 33.9 Å². The van der Waals surface area contributed by atoms with Gasteiger partial charge in [0.25, 0.3) is 6.04 Å². The van der Waals surface area contributed by atoms with Crippen LogP contribution in [0.1, 0.15) is 11.5 Å². The Labute approximate surface area is 124 Å². The Balaban J connectivity index is 2.50. The van der Waals surface area contributed by atoms with Gasteiger partial charge in [-0.05, 0) is 6.07 Å². The van der Waals surface area contributed by atoms with Crippen molar-refractivity contribution in [1.29, 1.82) is 0 Å². The number of benzene rings is 1. The number of nitrogens with zero attached hydrogens (tertiary/aromatic N) is 1. The van der Waals surface area contributed by atoms with E-state index in [2.05, 4.69) is 0 Å². The van der Waals surface area contributed by atoms with Crippen molar-refractivity contribution in [3.63, 3.8) is 0 Å². The van der Waals surface area contributed by atoms with E-state index in [0.29, 0.717) is 17.1 Å². The number of hydrogen-bond donors (Lipinski definition) is 0. The van der Waals surface area contributed by atoms with Crippen LogP contribution in [-0.2, 0) is 0 Å². The monoisotopic (exact) mass is 325 g/mol. The number of nitro groups is 1. The molecule has 104 valence electrons. The number of hydrogen-bond acceptors (Lipinski definition) is 4. The Morgan fingerprint density at radius 3 is 2.68 bits per heavy atom. The molecule has 2 rings (SSSR count). The quantitative estimate of drug-likeness (QED) is 0.476. The molecule has 19 heavy (non-hydrogen) atoms. The third kappa shape index (κ3) is 2.83. The Bertz CT molecular complexity index is 503. The van der Waals surface area contributed by atoms with Crippen molar-refractivity contribution < 1.29 is 14.4 Å². The van der Waals surface area contributed by atoms with Crippen molar-refractivity contribution in [2.75, 3.05) is 13.7 Å². The van der Waals surface area contributed by atoms with Crippen molar-refractivity contribution >= 4 is 34.8 Å². The van der Waals surface area contributed by atoms with Gasteiger partial charge >= 0.3 is 0 Å². The molecule has 2 atom stereocenters. The van der Waals surface area contributed by atoms with Crippen LogP contribution in [0.25, 0.3) is 0 Å². The van der Waals surface area contributed by atoms with E-state index in [1.165, 1.54) is 7.11 Å². The first-order valence-corrected chi connectivity index (χ1v) is 6.49. The fourth-order valence-electron chi connectivity index (χ4n) is 2.08. The molecule has 1 aliphatic heterocycles. The summed E-state index contributed by atoms with van der Waals surface area (Å²) in [6.45, 7) is -0.147. The Kier molecular flexibility index (Phi) is 3.99. The summed E-state index contributed by atoms with van der Waals surface area (Å²) in [5.74, 6) is 0.136. The molecule has 0 aromatic heterocycles. The van der Waals surface area contributed by atoms with Gasteiger partial charge in [0.15, 0.2) is 6.61 Å². The lowest BCUT2D eigenvalue weighted by Crippen LogP contribution is -2.42. The average molecular weight is 327 g/mol. The van der Waals surface area contributed by atoms with Gasteiger partial charge in [-0.1, -0.05) is 40.9 Å². The lowest BCUT2D eigenvalue weighted by atomic mass is 9.90. The summed E-state index contributed by atoms with van der Waals surface area (Å²) in [6, 6.07) is 3.78. The molecule has 1 aliphatic rings. The van der Waals surface area contributed by atoms with Gasteiger partial charge in [0.2, 0.25) is 3.79 Å². The minimum Gasteiger partial charge on any atom is -0.497 e. The number of methoxy groups -OCH3 is 1. The molecule has 1 aromatic carbocycles. The predicted molar refractivity (Wildman–Crippen MR) is 72.3 cm³/mol. The van der Waals surface area contributed by atoms with Gasteiger partial charge < -0.3 is 9.47 Å². The van der Waals surface area contributed by atoms with Crippen LogP contribution in [0.5, 0.6) is 11.5 Å². The highest BCUT2D eigenvalue weighted by atomic mass is 35.6. The summed E-state index contributed by atoms with van der Waals surface area (Å²) in [5.41, 5.74) is 0.494. The highest BCUT2D eigenvalue weighted by Gasteiger charge is 2.50. The fourth-order valence-corrected chi connectivity index (χ4v) is 2.87. The molecular weight excluding hydrogens is 316 g/mol. The Morgan fingerprint density at radius 2 is 2.16 bits per heavy atom. The zero-order valence-electron chi connectivity index (χ0n) is 9.81. The zero-order valence-corrected chi connectivity index (χ0v) is 12.1. The topological polar surface area (TPSA) is 61.6 Å². The van der Waals surface area contributed by atoms with E-state index in [9.17, 15) is 10.1 Å². The maximum absolute atomic E-state index is 11.1. The number of rotatable bonds is 2. The molecule has 0 amide bonds. The van der Waals surface area contributed by atoms with Crippen LogP contribution in [-0.4, -0.2) is 28.5 Å². The molecule has 2 unspecified atom stereocenters. The maximum Gasteiger partial charge on any atom is 0.257 e. The molecule has 0 radical (unpaired) electrons. The molecule has 1 aromatic rings. The van der Waals surface area contributed by atoms with Crippen molar-refractivity contribution in [3.8, 4) is 11.5 Å². The van der Waals surface area contributed by atoms with Gasteiger partial charge in [-0.2, -0.15) is 0 Å². The first-order chi connectivity index (χ1) is 8.84. The lowest BCUT2D eigenvalue weighted by molar-refractivity contribution is -0.530. The number of alkyl halides is 3. The average Bonchev–Trinajstić information content (AvgIpc) is 2.35. The predicted octanol–water partition coefficient (Wildman–Crippen LogP) is 3.19. The van der Waals surface area contributed by atoms with E-state index >= 15 is 0 Å². The summed E-state index contributed by atoms with van der Waals surface area (Å²) in [5, 5.41) is 11.1. The van der Waals surface area contributed by atoms with Gasteiger partial charge in [-0.25, -0.2) is 0 Å². The molecule has 0 saturated heterocycles. The highest BCUT2D eigenvalue weighted by Crippen LogP contribution is 2.49. The van der Waals surface area contributed by atoms with E-state index in [0.717, 1.165) is 0 Å². The third-order valence-corrected chi connectivity index (χ3v) is 3.68. The summed E-state index contributed by atoms with van der Waals surface area (Å²) >= 11 is 17.7. The molecular formula is C11H10Cl3NO4. The number of ether oxygens (including phenoxy) is 2. The standard InChI is InChI=1S/C11H10Cl3NO4/c1-18-6-2-3-7-9(4-6)19-5-8(15(16)17)10(7)11(12,13)14/h2-4,8,10H,5H2,1H3. The normalized spacial score (nSPS) is 22.3. The van der Waals surface area contributed by atoms with E-state index in [-0.39, 0.29) is 6.61 Å². The van der Waals surface area contributed by atoms with Crippen LogP contribution >= 0.6 is 34.8 Å². The van der Waals surface area contributed by atoms with Gasteiger partial charge in [0, 0.05) is 16.6 Å². The molecule has 0 spiro atoms. The highest BCUT2D eigenvalue weighted by molar-refractivity contribution is 6.68. The SMILES string of the molecule is COc1ccc2c(c1)OCC([N+](=O)[O-])C2C(Cl)(Cl)Cl. The molecule has 0 N–H and O–H groups in total. The third-order valence-electron chi connectivity index (χ3n) is 2.97. The summed E-state index contributed by atoms with van der Waals surface area (Å²) < 4.78 is 8.64. The molecule has 0 saturated carbocycles. The molecule has 0 fully saturated rings. The van der Waals surface area contributed by atoms with E-state index in [1.54, 1.807) is 18.2 Å². The van der Waals surface area contributed by atoms with E-state index in [4.69, 9.17) is 44.3 Å². The first-order valence-electron chi connectivity index (χ1n) is 5.35. The molecule has 1 heterocycles. The first kappa shape index (κ1) is 14.5. The Morgan fingerprint density at radius 1 is 1.47 bits per heavy atom. The van der Waals surface area contributed by atoms with Gasteiger partial charge in [0.1, 0.15) is 17.4 Å². The van der Waals surface area contributed by atoms with Crippen LogP contribution in [0.15, 0.2) is 18.2 Å². The van der Waals surface area contributed by atoms with Gasteiger partial charge in [-0.3, -0.25) is 10.1 Å². The van der Waals surface area contributed by atoms with Crippen molar-refractivity contribution in [1.82, 2.24) is 0 Å². The minimum absolute atomic E-state index is 0.147. The van der Waals surface area contributed by atoms with Crippen molar-refractivity contribution in [2.24, 2.45) is 0 Å². The zero-order chi connectivity index (χ0) is 14.2. The van der Waals surface area contributed by atoms with Gasteiger partial charge in [-0.15, -0.1) is 0 Å².